The number of carbonyl (C=O) groups is 2. The molecule has 1 aliphatic carbocycles. The van der Waals surface area contributed by atoms with Gasteiger partial charge in [0.05, 0.1) is 20.0 Å². The summed E-state index contributed by atoms with van der Waals surface area (Å²) in [6.45, 7) is 3.68. The maximum atomic E-state index is 11.5. The Kier molecular flexibility index (Phi) is 5.85. The van der Waals surface area contributed by atoms with Crippen LogP contribution in [0.15, 0.2) is 36.3 Å². The van der Waals surface area contributed by atoms with Crippen LogP contribution in [-0.4, -0.2) is 24.2 Å². The lowest BCUT2D eigenvalue weighted by Crippen LogP contribution is -2.13. The van der Waals surface area contributed by atoms with Crippen molar-refractivity contribution in [2.45, 2.75) is 25.7 Å². The Balaban J connectivity index is 2.58. The van der Waals surface area contributed by atoms with Gasteiger partial charge in [0.25, 0.3) is 0 Å². The summed E-state index contributed by atoms with van der Waals surface area (Å²) in [5.74, 6) is -0.448. The molecule has 0 aromatic carbocycles. The minimum Gasteiger partial charge on any atom is -0.493 e. The summed E-state index contributed by atoms with van der Waals surface area (Å²) in [4.78, 5) is 21.8. The largest absolute Gasteiger partial charge is 0.493 e. The summed E-state index contributed by atoms with van der Waals surface area (Å²) in [6.07, 6.45) is 6.67. The Labute approximate surface area is 112 Å². The fraction of sp³-hybridized carbons (Fsp3) is 0.429. The molecule has 0 saturated carbocycles. The third-order valence-corrected chi connectivity index (χ3v) is 2.69. The molecule has 0 aromatic heterocycles. The molecule has 0 radical (unpaired) electrons. The van der Waals surface area contributed by atoms with Gasteiger partial charge < -0.3 is 14.6 Å². The number of carboxylic acid groups (broad SMARTS) is 1. The van der Waals surface area contributed by atoms with Gasteiger partial charge in [0.2, 0.25) is 0 Å². The van der Waals surface area contributed by atoms with Crippen molar-refractivity contribution in [2.24, 2.45) is 5.92 Å². The van der Waals surface area contributed by atoms with E-state index < -0.39 is 11.9 Å². The number of allylic oxidation sites excluding steroid dienone is 3. The maximum absolute atomic E-state index is 11.5. The van der Waals surface area contributed by atoms with Crippen molar-refractivity contribution < 1.29 is 24.2 Å². The lowest BCUT2D eigenvalue weighted by molar-refractivity contribution is -0.145. The number of hydrogen-bond acceptors (Lipinski definition) is 4. The van der Waals surface area contributed by atoms with Crippen molar-refractivity contribution >= 4 is 11.9 Å². The minimum absolute atomic E-state index is 0.153. The molecule has 0 amide bonds. The van der Waals surface area contributed by atoms with Crippen molar-refractivity contribution in [1.82, 2.24) is 0 Å². The van der Waals surface area contributed by atoms with E-state index in [4.69, 9.17) is 14.6 Å². The Morgan fingerprint density at radius 1 is 1.47 bits per heavy atom. The van der Waals surface area contributed by atoms with Crippen molar-refractivity contribution in [3.63, 3.8) is 0 Å². The van der Waals surface area contributed by atoms with Crippen LogP contribution >= 0.6 is 0 Å². The van der Waals surface area contributed by atoms with Gasteiger partial charge in [0, 0.05) is 0 Å². The normalized spacial score (nSPS) is 18.1. The van der Waals surface area contributed by atoms with Crippen LogP contribution in [0.25, 0.3) is 0 Å². The summed E-state index contributed by atoms with van der Waals surface area (Å²) in [5, 5.41) is 8.49. The molecule has 1 unspecified atom stereocenters. The molecule has 5 heteroatoms. The lowest BCUT2D eigenvalue weighted by atomic mass is 9.96. The lowest BCUT2D eigenvalue weighted by Gasteiger charge is -2.19. The highest BCUT2D eigenvalue weighted by atomic mass is 16.6. The van der Waals surface area contributed by atoms with Gasteiger partial charge in [-0.2, -0.15) is 0 Å². The molecule has 0 aliphatic heterocycles. The van der Waals surface area contributed by atoms with E-state index in [9.17, 15) is 9.59 Å². The SMILES string of the molecule is C=CCC1C=C(OC)C(OC(=O)CCC(=O)O)=CC1. The van der Waals surface area contributed by atoms with Crippen LogP contribution in [0.3, 0.4) is 0 Å². The fourth-order valence-corrected chi connectivity index (χ4v) is 1.74. The van der Waals surface area contributed by atoms with Crippen molar-refractivity contribution in [2.75, 3.05) is 7.11 Å². The predicted molar refractivity (Wildman–Crippen MR) is 69.1 cm³/mol. The van der Waals surface area contributed by atoms with E-state index in [1.807, 2.05) is 12.2 Å². The number of methoxy groups -OCH3 is 1. The van der Waals surface area contributed by atoms with Crippen LogP contribution in [0.5, 0.6) is 0 Å². The Bertz CT molecular complexity index is 420. The predicted octanol–water partition coefficient (Wildman–Crippen LogP) is 2.40. The molecular weight excluding hydrogens is 248 g/mol. The number of carboxylic acids is 1. The number of aliphatic carboxylic acids is 1. The molecule has 104 valence electrons. The van der Waals surface area contributed by atoms with Crippen molar-refractivity contribution in [1.29, 1.82) is 0 Å². The number of hydrogen-bond donors (Lipinski definition) is 1. The van der Waals surface area contributed by atoms with Crippen molar-refractivity contribution in [3.8, 4) is 0 Å². The fourth-order valence-electron chi connectivity index (χ4n) is 1.74. The molecule has 5 nitrogen and oxygen atoms in total. The molecule has 1 rings (SSSR count). The zero-order valence-electron chi connectivity index (χ0n) is 10.9. The third-order valence-electron chi connectivity index (χ3n) is 2.69. The van der Waals surface area contributed by atoms with Gasteiger partial charge >= 0.3 is 11.9 Å². The van der Waals surface area contributed by atoms with Gasteiger partial charge in [0.15, 0.2) is 11.5 Å². The van der Waals surface area contributed by atoms with Crippen LogP contribution < -0.4 is 0 Å². The molecule has 0 aromatic rings. The quantitative estimate of drug-likeness (QED) is 0.566. The molecular formula is C14H18O5. The average molecular weight is 266 g/mol. The highest BCUT2D eigenvalue weighted by Crippen LogP contribution is 2.26. The van der Waals surface area contributed by atoms with E-state index in [1.54, 1.807) is 6.08 Å². The zero-order valence-corrected chi connectivity index (χ0v) is 10.9. The van der Waals surface area contributed by atoms with Gasteiger partial charge in [-0.15, -0.1) is 6.58 Å². The first-order valence-corrected chi connectivity index (χ1v) is 6.06. The first kappa shape index (κ1) is 15.0. The summed E-state index contributed by atoms with van der Waals surface area (Å²) in [6, 6.07) is 0. The Hall–Kier alpha value is -2.04. The summed E-state index contributed by atoms with van der Waals surface area (Å²) >= 11 is 0. The van der Waals surface area contributed by atoms with Crippen LogP contribution in [0.4, 0.5) is 0 Å². The molecule has 0 saturated heterocycles. The van der Waals surface area contributed by atoms with Crippen LogP contribution in [-0.2, 0) is 19.1 Å². The maximum Gasteiger partial charge on any atom is 0.311 e. The first-order chi connectivity index (χ1) is 9.06. The number of rotatable bonds is 7. The van der Waals surface area contributed by atoms with Gasteiger partial charge in [-0.05, 0) is 30.9 Å². The summed E-state index contributed by atoms with van der Waals surface area (Å²) < 4.78 is 10.3. The second kappa shape index (κ2) is 7.41. The van der Waals surface area contributed by atoms with Gasteiger partial charge in [0.1, 0.15) is 0 Å². The third kappa shape index (κ3) is 4.99. The Morgan fingerprint density at radius 3 is 2.79 bits per heavy atom. The van der Waals surface area contributed by atoms with Crippen LogP contribution in [0.1, 0.15) is 25.7 Å². The monoisotopic (exact) mass is 266 g/mol. The zero-order chi connectivity index (χ0) is 14.3. The molecule has 0 fully saturated rings. The highest BCUT2D eigenvalue weighted by molar-refractivity contribution is 5.77. The molecule has 0 spiro atoms. The number of esters is 1. The molecule has 1 atom stereocenters. The van der Waals surface area contributed by atoms with Gasteiger partial charge in [-0.1, -0.05) is 6.08 Å². The van der Waals surface area contributed by atoms with Crippen LogP contribution in [0.2, 0.25) is 0 Å². The standard InChI is InChI=1S/C14H18O5/c1-3-4-10-5-6-11(12(9-10)18-2)19-14(17)8-7-13(15)16/h3,6,9-10H,1,4-5,7-8H2,2H3,(H,15,16). The van der Waals surface area contributed by atoms with E-state index in [2.05, 4.69) is 6.58 Å². The smallest absolute Gasteiger partial charge is 0.311 e. The minimum atomic E-state index is -1.02. The summed E-state index contributed by atoms with van der Waals surface area (Å²) in [5.41, 5.74) is 0. The molecule has 19 heavy (non-hydrogen) atoms. The number of carbonyl (C=O) groups excluding carboxylic acids is 1. The average Bonchev–Trinajstić information content (AvgIpc) is 2.38. The Morgan fingerprint density at radius 2 is 2.21 bits per heavy atom. The molecule has 0 heterocycles. The van der Waals surface area contributed by atoms with E-state index in [0.29, 0.717) is 11.5 Å². The van der Waals surface area contributed by atoms with Crippen LogP contribution in [0, 0.1) is 5.92 Å². The highest BCUT2D eigenvalue weighted by Gasteiger charge is 2.19. The van der Waals surface area contributed by atoms with E-state index in [-0.39, 0.29) is 18.8 Å². The van der Waals surface area contributed by atoms with E-state index in [0.717, 1.165) is 12.8 Å². The molecule has 1 aliphatic rings. The molecule has 0 bridgehead atoms. The summed E-state index contributed by atoms with van der Waals surface area (Å²) in [7, 11) is 1.50. The number of ether oxygens (including phenoxy) is 2. The van der Waals surface area contributed by atoms with Gasteiger partial charge in [-0.25, -0.2) is 0 Å². The van der Waals surface area contributed by atoms with Crippen molar-refractivity contribution in [3.05, 3.63) is 36.3 Å². The molecule has 1 N–H and O–H groups in total. The first-order valence-electron chi connectivity index (χ1n) is 6.06. The second-order valence-corrected chi connectivity index (χ2v) is 4.19. The van der Waals surface area contributed by atoms with Gasteiger partial charge in [-0.3, -0.25) is 9.59 Å². The topological polar surface area (TPSA) is 72.8 Å². The second-order valence-electron chi connectivity index (χ2n) is 4.19. The van der Waals surface area contributed by atoms with E-state index >= 15 is 0 Å². The van der Waals surface area contributed by atoms with E-state index in [1.165, 1.54) is 7.11 Å².